The van der Waals surface area contributed by atoms with Crippen molar-refractivity contribution in [2.45, 2.75) is 63.1 Å². The van der Waals surface area contributed by atoms with Gasteiger partial charge in [-0.2, -0.15) is 0 Å². The van der Waals surface area contributed by atoms with Crippen LogP contribution in [-0.4, -0.2) is 8.80 Å². The van der Waals surface area contributed by atoms with E-state index in [9.17, 15) is 4.39 Å². The third-order valence-corrected chi connectivity index (χ3v) is 8.65. The highest BCUT2D eigenvalue weighted by Gasteiger charge is 2.23. The van der Waals surface area contributed by atoms with Gasteiger partial charge in [-0.25, -0.2) is 4.39 Å². The van der Waals surface area contributed by atoms with E-state index in [-0.39, 0.29) is 5.82 Å². The fourth-order valence-electron chi connectivity index (χ4n) is 3.23. The fourth-order valence-corrected chi connectivity index (χ4v) is 6.96. The predicted octanol–water partition coefficient (Wildman–Crippen LogP) is 5.88. The number of hydrogen-bond acceptors (Lipinski definition) is 0. The molecule has 1 aliphatic heterocycles. The maximum Gasteiger partial charge on any atom is 0.137 e. The smallest absolute Gasteiger partial charge is 0.137 e. The molecule has 1 fully saturated rings. The van der Waals surface area contributed by atoms with Crippen molar-refractivity contribution in [3.05, 3.63) is 34.1 Å². The summed E-state index contributed by atoms with van der Waals surface area (Å²) in [5, 5.41) is 0. The zero-order chi connectivity index (χ0) is 13.7. The molecule has 0 aromatic heterocycles. The highest BCUT2D eigenvalue weighted by molar-refractivity contribution is 9.10. The van der Waals surface area contributed by atoms with E-state index in [2.05, 4.69) is 28.9 Å². The second-order valence-corrected chi connectivity index (χ2v) is 10.2. The summed E-state index contributed by atoms with van der Waals surface area (Å²) < 4.78 is 14.2. The zero-order valence-electron chi connectivity index (χ0n) is 11.8. The van der Waals surface area contributed by atoms with E-state index in [1.165, 1.54) is 55.8 Å². The van der Waals surface area contributed by atoms with Gasteiger partial charge in [0.25, 0.3) is 0 Å². The van der Waals surface area contributed by atoms with Gasteiger partial charge in [-0.3, -0.25) is 0 Å². The lowest BCUT2D eigenvalue weighted by molar-refractivity contribution is 0.584. The molecule has 0 saturated carbocycles. The van der Waals surface area contributed by atoms with E-state index in [1.54, 1.807) is 6.07 Å². The van der Waals surface area contributed by atoms with Crippen molar-refractivity contribution in [1.82, 2.24) is 0 Å². The van der Waals surface area contributed by atoms with Crippen molar-refractivity contribution < 1.29 is 4.39 Å². The van der Waals surface area contributed by atoms with Gasteiger partial charge in [0.05, 0.1) is 4.47 Å². The lowest BCUT2D eigenvalue weighted by Crippen LogP contribution is -2.20. The van der Waals surface area contributed by atoms with Crippen molar-refractivity contribution in [2.75, 3.05) is 0 Å². The van der Waals surface area contributed by atoms with Crippen molar-refractivity contribution in [1.29, 1.82) is 0 Å². The number of halogens is 2. The lowest BCUT2D eigenvalue weighted by Gasteiger charge is -2.28. The fraction of sp³-hybridized carbons (Fsp3) is 0.625. The van der Waals surface area contributed by atoms with Gasteiger partial charge in [0.15, 0.2) is 0 Å². The van der Waals surface area contributed by atoms with Crippen molar-refractivity contribution >= 4 is 24.7 Å². The molecule has 0 N–H and O–H groups in total. The average Bonchev–Trinajstić information content (AvgIpc) is 2.43. The second-order valence-electron chi connectivity index (χ2n) is 5.89. The molecule has 1 saturated heterocycles. The van der Waals surface area contributed by atoms with E-state index in [0.29, 0.717) is 10.4 Å². The highest BCUT2D eigenvalue weighted by Crippen LogP contribution is 2.36. The van der Waals surface area contributed by atoms with Crippen LogP contribution in [0.15, 0.2) is 22.7 Å². The van der Waals surface area contributed by atoms with Gasteiger partial charge in [-0.05, 0) is 52.4 Å². The van der Waals surface area contributed by atoms with Crippen LogP contribution in [0.1, 0.15) is 50.5 Å². The Morgan fingerprint density at radius 3 is 2.63 bits per heavy atom. The average molecular weight is 343 g/mol. The number of rotatable bonds is 5. The Morgan fingerprint density at radius 2 is 2.00 bits per heavy atom. The third-order valence-electron chi connectivity index (χ3n) is 4.48. The first-order valence-corrected chi connectivity index (χ1v) is 10.9. The maximum absolute atomic E-state index is 13.6. The summed E-state index contributed by atoms with van der Waals surface area (Å²) in [7, 11) is -0.445. The molecule has 0 radical (unpaired) electrons. The summed E-state index contributed by atoms with van der Waals surface area (Å²) in [5.41, 5.74) is 1.21. The van der Waals surface area contributed by atoms with Gasteiger partial charge >= 0.3 is 0 Å². The molecule has 1 aromatic rings. The first-order valence-electron chi connectivity index (χ1n) is 7.65. The van der Waals surface area contributed by atoms with Gasteiger partial charge in [0.2, 0.25) is 0 Å². The minimum absolute atomic E-state index is 0.111. The second kappa shape index (κ2) is 7.58. The molecule has 1 aliphatic rings. The Hall–Kier alpha value is -0.153. The first kappa shape index (κ1) is 15.2. The van der Waals surface area contributed by atoms with Crippen LogP contribution in [-0.2, 0) is 0 Å². The predicted molar refractivity (Wildman–Crippen MR) is 87.2 cm³/mol. The molecule has 0 nitrogen and oxygen atoms in total. The monoisotopic (exact) mass is 342 g/mol. The first-order chi connectivity index (χ1) is 9.20. The van der Waals surface area contributed by atoms with E-state index in [1.807, 2.05) is 6.07 Å². The summed E-state index contributed by atoms with van der Waals surface area (Å²) in [5.74, 6) is 0.498. The topological polar surface area (TPSA) is 0 Å². The summed E-state index contributed by atoms with van der Waals surface area (Å²) in [6.07, 6.45) is 6.78. The van der Waals surface area contributed by atoms with Crippen LogP contribution in [0.25, 0.3) is 0 Å². The van der Waals surface area contributed by atoms with Gasteiger partial charge in [-0.15, -0.1) is 0 Å². The number of hydrogen-bond donors (Lipinski definition) is 0. The third kappa shape index (κ3) is 4.42. The molecular weight excluding hydrogens is 319 g/mol. The molecule has 1 aromatic carbocycles. The minimum atomic E-state index is -0.445. The van der Waals surface area contributed by atoms with Crippen LogP contribution >= 0.6 is 15.9 Å². The largest absolute Gasteiger partial charge is 0.206 e. The van der Waals surface area contributed by atoms with E-state index >= 15 is 0 Å². The van der Waals surface area contributed by atoms with Crippen molar-refractivity contribution in [3.8, 4) is 0 Å². The summed E-state index contributed by atoms with van der Waals surface area (Å²) in [4.78, 5) is 0. The lowest BCUT2D eigenvalue weighted by atomic mass is 9.93. The molecule has 0 atom stereocenters. The molecule has 0 spiro atoms. The van der Waals surface area contributed by atoms with E-state index < -0.39 is 8.80 Å². The number of benzene rings is 1. The summed E-state index contributed by atoms with van der Waals surface area (Å²) in [6.45, 7) is 2.28. The Kier molecular flexibility index (Phi) is 6.08. The van der Waals surface area contributed by atoms with Crippen LogP contribution in [0.4, 0.5) is 4.39 Å². The Bertz CT molecular complexity index is 400. The molecule has 0 bridgehead atoms. The molecule has 2 rings (SSSR count). The van der Waals surface area contributed by atoms with Gasteiger partial charge in [0.1, 0.15) is 5.82 Å². The van der Waals surface area contributed by atoms with E-state index in [4.69, 9.17) is 0 Å². The zero-order valence-corrected chi connectivity index (χ0v) is 14.5. The van der Waals surface area contributed by atoms with Crippen LogP contribution < -0.4 is 0 Å². The minimum Gasteiger partial charge on any atom is -0.206 e. The highest BCUT2D eigenvalue weighted by atomic mass is 79.9. The summed E-state index contributed by atoms with van der Waals surface area (Å²) in [6, 6.07) is 10.1. The van der Waals surface area contributed by atoms with Gasteiger partial charge in [0, 0.05) is 8.80 Å². The standard InChI is InChI=1S/C16H24BrFSi/c1-2-3-4-9-19-10-7-13(8-11-19)14-5-6-15(17)16(18)12-14/h5-6,12-13,19H,2-4,7-11H2,1H3/t13-,19-. The van der Waals surface area contributed by atoms with Crippen LogP contribution in [0.3, 0.4) is 0 Å². The number of unbranched alkanes of at least 4 members (excludes halogenated alkanes) is 2. The molecule has 3 heteroatoms. The molecule has 0 amide bonds. The quantitative estimate of drug-likeness (QED) is 0.462. The molecule has 19 heavy (non-hydrogen) atoms. The van der Waals surface area contributed by atoms with Crippen molar-refractivity contribution in [3.63, 3.8) is 0 Å². The van der Waals surface area contributed by atoms with Crippen molar-refractivity contribution in [2.24, 2.45) is 0 Å². The van der Waals surface area contributed by atoms with E-state index in [0.717, 1.165) is 0 Å². The van der Waals surface area contributed by atoms with Gasteiger partial charge in [-0.1, -0.05) is 50.4 Å². The maximum atomic E-state index is 13.6. The molecule has 0 aliphatic carbocycles. The van der Waals surface area contributed by atoms with Crippen LogP contribution in [0.2, 0.25) is 18.1 Å². The van der Waals surface area contributed by atoms with Gasteiger partial charge < -0.3 is 0 Å². The molecule has 0 unspecified atom stereocenters. The summed E-state index contributed by atoms with van der Waals surface area (Å²) >= 11 is 3.23. The Balaban J connectivity index is 1.84. The Morgan fingerprint density at radius 1 is 1.26 bits per heavy atom. The van der Waals surface area contributed by atoms with Crippen LogP contribution in [0.5, 0.6) is 0 Å². The molecule has 1 heterocycles. The normalized spacial score (nSPS) is 23.5. The molecule has 106 valence electrons. The Labute approximate surface area is 126 Å². The SMILES string of the molecule is CCCCC[Si@H]1CC[C@H](c2ccc(Br)c(F)c2)CC1. The molecular formula is C16H24BrFSi. The van der Waals surface area contributed by atoms with Crippen LogP contribution in [0, 0.1) is 5.82 Å².